The van der Waals surface area contributed by atoms with E-state index in [1.165, 1.54) is 11.3 Å². The molecule has 3 atom stereocenters. The zero-order valence-corrected chi connectivity index (χ0v) is 28.0. The fraction of sp³-hybridized carbons (Fsp3) is 0.686. The predicted octanol–water partition coefficient (Wildman–Crippen LogP) is 4.39. The highest BCUT2D eigenvalue weighted by Gasteiger charge is 2.44. The van der Waals surface area contributed by atoms with Gasteiger partial charge in [-0.15, -0.1) is 0 Å². The fourth-order valence-electron chi connectivity index (χ4n) is 6.64. The Morgan fingerprint density at radius 3 is 2.09 bits per heavy atom. The molecular weight excluding hydrogens is 570 g/mol. The van der Waals surface area contributed by atoms with Crippen molar-refractivity contribution in [3.8, 4) is 0 Å². The number of ketones is 1. The molecule has 250 valence electrons. The highest BCUT2D eigenvalue weighted by atomic mass is 16.2. The molecule has 3 aliphatic rings. The van der Waals surface area contributed by atoms with Gasteiger partial charge in [-0.1, -0.05) is 103 Å². The van der Waals surface area contributed by atoms with Gasteiger partial charge in [0.15, 0.2) is 0 Å². The van der Waals surface area contributed by atoms with Crippen molar-refractivity contribution in [1.82, 2.24) is 20.9 Å². The van der Waals surface area contributed by atoms with E-state index >= 15 is 0 Å². The van der Waals surface area contributed by atoms with Crippen LogP contribution in [0.2, 0.25) is 0 Å². The van der Waals surface area contributed by atoms with E-state index in [0.717, 1.165) is 56.9 Å². The lowest BCUT2D eigenvalue weighted by atomic mass is 9.80. The lowest BCUT2D eigenvalue weighted by Gasteiger charge is -2.37. The third-order valence-electron chi connectivity index (χ3n) is 9.22. The van der Waals surface area contributed by atoms with Crippen LogP contribution in [0, 0.1) is 11.3 Å². The summed E-state index contributed by atoms with van der Waals surface area (Å²) in [5, 5.41) is 8.91. The smallest absolute Gasteiger partial charge is 0.315 e. The van der Waals surface area contributed by atoms with Gasteiger partial charge in [0.25, 0.3) is 5.91 Å². The first-order valence-electron chi connectivity index (χ1n) is 16.9. The van der Waals surface area contributed by atoms with Crippen LogP contribution in [0.4, 0.5) is 4.79 Å². The standard InChI is InChI=1S/C32H47N5O5.C3H8/c1-31(2,3)26(35-30(42)36-32(16-7-8-17-32)20-22-11-5-4-6-12-22)29(41)37-18-10-15-24(37)28(40)34-23(25(38)27(33)39)19-21-13-9-14-21;1-3-2/h4-6,11-12,21,23-24,26H,7-10,13-20H2,1-3H3,(H2,33,39)(H,34,40)(H2,35,36,42);3H2,1-2H3. The highest BCUT2D eigenvalue weighted by molar-refractivity contribution is 6.37. The number of primary amides is 1. The van der Waals surface area contributed by atoms with Gasteiger partial charge in [-0.3, -0.25) is 19.2 Å². The number of nitrogens with two attached hydrogens (primary N) is 1. The number of likely N-dealkylation sites (tertiary alicyclic amines) is 1. The van der Waals surface area contributed by atoms with E-state index in [4.69, 9.17) is 5.73 Å². The quantitative estimate of drug-likeness (QED) is 0.269. The first-order valence-corrected chi connectivity index (χ1v) is 16.9. The maximum Gasteiger partial charge on any atom is 0.315 e. The number of rotatable bonds is 11. The third kappa shape index (κ3) is 10.0. The second kappa shape index (κ2) is 16.2. The zero-order valence-electron chi connectivity index (χ0n) is 28.0. The predicted molar refractivity (Wildman–Crippen MR) is 175 cm³/mol. The maximum absolute atomic E-state index is 14.0. The molecule has 0 spiro atoms. The van der Waals surface area contributed by atoms with Crippen LogP contribution in [0.5, 0.6) is 0 Å². The number of carbonyl (C=O) groups is 5. The Morgan fingerprint density at radius 1 is 0.933 bits per heavy atom. The van der Waals surface area contributed by atoms with E-state index in [2.05, 4.69) is 41.9 Å². The SMILES string of the molecule is CC(C)(C)C(NC(=O)NC1(Cc2ccccc2)CCCC1)C(=O)N1CCCC1C(=O)NC(CC1CCC1)C(=O)C(N)=O.CCC. The molecule has 1 aliphatic heterocycles. The van der Waals surface area contributed by atoms with Gasteiger partial charge in [0.1, 0.15) is 12.1 Å². The summed E-state index contributed by atoms with van der Waals surface area (Å²) in [7, 11) is 0. The largest absolute Gasteiger partial charge is 0.363 e. The topological polar surface area (TPSA) is 151 Å². The van der Waals surface area contributed by atoms with Crippen molar-refractivity contribution in [2.75, 3.05) is 6.54 Å². The monoisotopic (exact) mass is 625 g/mol. The molecule has 1 aromatic carbocycles. The van der Waals surface area contributed by atoms with Crippen LogP contribution in [-0.2, 0) is 25.6 Å². The minimum Gasteiger partial charge on any atom is -0.363 e. The van der Waals surface area contributed by atoms with Gasteiger partial charge in [-0.2, -0.15) is 0 Å². The molecule has 2 saturated carbocycles. The Kier molecular flexibility index (Phi) is 13.0. The van der Waals surface area contributed by atoms with Gasteiger partial charge >= 0.3 is 6.03 Å². The maximum atomic E-state index is 14.0. The van der Waals surface area contributed by atoms with E-state index in [1.807, 2.05) is 39.0 Å². The van der Waals surface area contributed by atoms with E-state index in [-0.39, 0.29) is 17.4 Å². The normalized spacial score (nSPS) is 20.6. The molecule has 1 saturated heterocycles. The molecule has 5 N–H and O–H groups in total. The summed E-state index contributed by atoms with van der Waals surface area (Å²) in [4.78, 5) is 66.5. The van der Waals surface area contributed by atoms with Crippen molar-refractivity contribution < 1.29 is 24.0 Å². The minimum atomic E-state index is -1.07. The summed E-state index contributed by atoms with van der Waals surface area (Å²) in [5.41, 5.74) is 5.41. The summed E-state index contributed by atoms with van der Waals surface area (Å²) in [6.45, 7) is 10.3. The second-order valence-corrected chi connectivity index (χ2v) is 14.3. The molecule has 10 nitrogen and oxygen atoms in total. The lowest BCUT2D eigenvalue weighted by Crippen LogP contribution is -2.62. The number of hydrogen-bond acceptors (Lipinski definition) is 5. The number of carbonyl (C=O) groups excluding carboxylic acids is 5. The number of benzene rings is 1. The first kappa shape index (κ1) is 36.0. The molecule has 45 heavy (non-hydrogen) atoms. The van der Waals surface area contributed by atoms with Crippen LogP contribution in [0.25, 0.3) is 0 Å². The summed E-state index contributed by atoms with van der Waals surface area (Å²) in [6, 6.07) is 7.03. The zero-order chi connectivity index (χ0) is 33.2. The molecule has 5 amide bonds. The molecule has 0 aromatic heterocycles. The Balaban J connectivity index is 0.00000177. The Morgan fingerprint density at radius 2 is 1.56 bits per heavy atom. The molecule has 0 radical (unpaired) electrons. The van der Waals surface area contributed by atoms with E-state index in [1.54, 1.807) is 0 Å². The average Bonchev–Trinajstić information content (AvgIpc) is 3.63. The van der Waals surface area contributed by atoms with Crippen LogP contribution in [0.1, 0.15) is 111 Å². The summed E-state index contributed by atoms with van der Waals surface area (Å²) in [5.74, 6) is -2.43. The van der Waals surface area contributed by atoms with Crippen LogP contribution in [0.3, 0.4) is 0 Å². The third-order valence-corrected chi connectivity index (χ3v) is 9.22. The van der Waals surface area contributed by atoms with Crippen molar-refractivity contribution in [3.05, 3.63) is 35.9 Å². The molecule has 1 aromatic rings. The van der Waals surface area contributed by atoms with Crippen LogP contribution in [0.15, 0.2) is 30.3 Å². The molecule has 3 fully saturated rings. The lowest BCUT2D eigenvalue weighted by molar-refractivity contribution is -0.143. The molecule has 10 heteroatoms. The van der Waals surface area contributed by atoms with Crippen LogP contribution in [-0.4, -0.2) is 64.6 Å². The number of urea groups is 1. The highest BCUT2D eigenvalue weighted by Crippen LogP contribution is 2.34. The van der Waals surface area contributed by atoms with E-state index in [9.17, 15) is 24.0 Å². The Hall–Kier alpha value is -3.43. The minimum absolute atomic E-state index is 0.262. The van der Waals surface area contributed by atoms with Gasteiger partial charge < -0.3 is 26.6 Å². The first-order chi connectivity index (χ1) is 21.3. The number of nitrogens with zero attached hydrogens (tertiary/aromatic N) is 1. The molecular formula is C35H55N5O5. The van der Waals surface area contributed by atoms with E-state index < -0.39 is 47.2 Å². The summed E-state index contributed by atoms with van der Waals surface area (Å²) >= 11 is 0. The van der Waals surface area contributed by atoms with Gasteiger partial charge in [-0.05, 0) is 55.4 Å². The Bertz CT molecular complexity index is 1170. The van der Waals surface area contributed by atoms with Gasteiger partial charge in [-0.25, -0.2) is 4.79 Å². The van der Waals surface area contributed by atoms with Crippen molar-refractivity contribution >= 4 is 29.5 Å². The van der Waals surface area contributed by atoms with Crippen molar-refractivity contribution in [1.29, 1.82) is 0 Å². The van der Waals surface area contributed by atoms with Crippen LogP contribution >= 0.6 is 0 Å². The Labute approximate surface area is 269 Å². The number of Topliss-reactive ketones (excluding diaryl/α,β-unsaturated/α-hetero) is 1. The van der Waals surface area contributed by atoms with Gasteiger partial charge in [0, 0.05) is 12.1 Å². The molecule has 4 rings (SSSR count). The van der Waals surface area contributed by atoms with Gasteiger partial charge in [0.05, 0.1) is 6.04 Å². The summed E-state index contributed by atoms with van der Waals surface area (Å²) in [6.07, 6.45) is 10.1. The number of nitrogens with one attached hydrogen (secondary N) is 3. The number of amides is 5. The van der Waals surface area contributed by atoms with Crippen molar-refractivity contribution in [2.24, 2.45) is 17.1 Å². The van der Waals surface area contributed by atoms with E-state index in [0.29, 0.717) is 25.8 Å². The molecule has 3 unspecified atom stereocenters. The van der Waals surface area contributed by atoms with Crippen LogP contribution < -0.4 is 21.7 Å². The second-order valence-electron chi connectivity index (χ2n) is 14.3. The molecule has 2 aliphatic carbocycles. The fourth-order valence-corrected chi connectivity index (χ4v) is 6.64. The van der Waals surface area contributed by atoms with Gasteiger partial charge in [0.2, 0.25) is 17.6 Å². The van der Waals surface area contributed by atoms with Crippen molar-refractivity contribution in [2.45, 2.75) is 135 Å². The molecule has 0 bridgehead atoms. The summed E-state index contributed by atoms with van der Waals surface area (Å²) < 4.78 is 0. The average molecular weight is 626 g/mol. The van der Waals surface area contributed by atoms with Crippen molar-refractivity contribution in [3.63, 3.8) is 0 Å². The number of hydrogen-bond donors (Lipinski definition) is 4. The molecule has 1 heterocycles.